The Morgan fingerprint density at radius 1 is 1.04 bits per heavy atom. The molecule has 0 fully saturated rings. The number of benzene rings is 2. The molecule has 0 aliphatic heterocycles. The maximum Gasteiger partial charge on any atom is 0.229 e. The van der Waals surface area contributed by atoms with Crippen LogP contribution in [0.2, 0.25) is 0 Å². The van der Waals surface area contributed by atoms with Crippen LogP contribution in [0.25, 0.3) is 0 Å². The Kier molecular flexibility index (Phi) is 4.91. The van der Waals surface area contributed by atoms with Crippen LogP contribution < -0.4 is 10.2 Å². The van der Waals surface area contributed by atoms with E-state index in [1.54, 1.807) is 6.07 Å². The van der Waals surface area contributed by atoms with Crippen LogP contribution in [-0.2, 0) is 0 Å². The number of nitriles is 1. The molecule has 0 unspecified atom stereocenters. The van der Waals surface area contributed by atoms with E-state index in [1.165, 1.54) is 0 Å². The third-order valence-corrected chi connectivity index (χ3v) is 3.80. The fraction of sp³-hybridized carbons (Fsp3) is 0.150. The number of para-hydroxylation sites is 2. The van der Waals surface area contributed by atoms with E-state index in [0.29, 0.717) is 17.2 Å². The summed E-state index contributed by atoms with van der Waals surface area (Å²) >= 11 is 0. The van der Waals surface area contributed by atoms with Crippen molar-refractivity contribution in [1.82, 2.24) is 9.97 Å². The van der Waals surface area contributed by atoms with E-state index in [0.717, 1.165) is 23.7 Å². The molecule has 0 radical (unpaired) electrons. The van der Waals surface area contributed by atoms with E-state index in [4.69, 9.17) is 0 Å². The van der Waals surface area contributed by atoms with Crippen LogP contribution in [-0.4, -0.2) is 16.5 Å². The van der Waals surface area contributed by atoms with Gasteiger partial charge in [0, 0.05) is 24.0 Å². The topological polar surface area (TPSA) is 64.8 Å². The quantitative estimate of drug-likeness (QED) is 0.743. The zero-order chi connectivity index (χ0) is 17.6. The van der Waals surface area contributed by atoms with E-state index in [9.17, 15) is 5.26 Å². The van der Waals surface area contributed by atoms with Crippen LogP contribution in [0.15, 0.2) is 60.7 Å². The Morgan fingerprint density at radius 2 is 1.76 bits per heavy atom. The zero-order valence-electron chi connectivity index (χ0n) is 14.3. The van der Waals surface area contributed by atoms with E-state index < -0.39 is 0 Å². The predicted octanol–water partition coefficient (Wildman–Crippen LogP) is 4.56. The number of aryl methyl sites for hydroxylation is 1. The van der Waals surface area contributed by atoms with Gasteiger partial charge in [-0.05, 0) is 38.1 Å². The molecule has 0 saturated heterocycles. The van der Waals surface area contributed by atoms with Gasteiger partial charge in [0.2, 0.25) is 5.95 Å². The molecule has 124 valence electrons. The molecule has 0 aliphatic carbocycles. The summed E-state index contributed by atoms with van der Waals surface area (Å²) in [7, 11) is 0. The molecule has 5 heteroatoms. The first-order valence-electron chi connectivity index (χ1n) is 8.15. The number of aromatic nitrogens is 2. The van der Waals surface area contributed by atoms with E-state index in [-0.39, 0.29) is 0 Å². The van der Waals surface area contributed by atoms with Crippen LogP contribution in [0, 0.1) is 18.3 Å². The minimum Gasteiger partial charge on any atom is -0.326 e. The van der Waals surface area contributed by atoms with Gasteiger partial charge in [-0.25, -0.2) is 4.98 Å². The largest absolute Gasteiger partial charge is 0.326 e. The molecule has 0 bridgehead atoms. The zero-order valence-corrected chi connectivity index (χ0v) is 14.3. The molecule has 1 heterocycles. The number of rotatable bonds is 5. The van der Waals surface area contributed by atoms with Crippen molar-refractivity contribution < 1.29 is 0 Å². The van der Waals surface area contributed by atoms with Crippen molar-refractivity contribution in [3.63, 3.8) is 0 Å². The molecule has 0 aliphatic rings. The van der Waals surface area contributed by atoms with Crippen molar-refractivity contribution in [2.24, 2.45) is 0 Å². The third kappa shape index (κ3) is 3.75. The second-order valence-corrected chi connectivity index (χ2v) is 5.55. The summed E-state index contributed by atoms with van der Waals surface area (Å²) in [5.74, 6) is 1.30. The van der Waals surface area contributed by atoms with E-state index >= 15 is 0 Å². The molecule has 2 aromatic carbocycles. The van der Waals surface area contributed by atoms with Crippen molar-refractivity contribution in [2.45, 2.75) is 13.8 Å². The Hall–Kier alpha value is -3.39. The molecular weight excluding hydrogens is 310 g/mol. The molecule has 5 nitrogen and oxygen atoms in total. The highest BCUT2D eigenvalue weighted by molar-refractivity contribution is 5.65. The van der Waals surface area contributed by atoms with Crippen LogP contribution in [0.1, 0.15) is 18.2 Å². The first kappa shape index (κ1) is 16.5. The molecule has 3 rings (SSSR count). The average molecular weight is 329 g/mol. The average Bonchev–Trinajstić information content (AvgIpc) is 2.63. The normalized spacial score (nSPS) is 10.1. The Morgan fingerprint density at radius 3 is 2.48 bits per heavy atom. The molecule has 3 aromatic rings. The summed E-state index contributed by atoms with van der Waals surface area (Å²) in [5, 5.41) is 12.4. The second kappa shape index (κ2) is 7.45. The summed E-state index contributed by atoms with van der Waals surface area (Å²) in [6, 6.07) is 21.6. The fourth-order valence-electron chi connectivity index (χ4n) is 2.64. The minimum absolute atomic E-state index is 0.479. The molecular formula is C20H19N5. The van der Waals surface area contributed by atoms with Crippen LogP contribution in [0.5, 0.6) is 0 Å². The molecule has 1 aromatic heterocycles. The van der Waals surface area contributed by atoms with Gasteiger partial charge in [-0.2, -0.15) is 10.2 Å². The summed E-state index contributed by atoms with van der Waals surface area (Å²) in [5.41, 5.74) is 3.19. The lowest BCUT2D eigenvalue weighted by Crippen LogP contribution is -2.18. The number of nitrogens with one attached hydrogen (secondary N) is 1. The van der Waals surface area contributed by atoms with Gasteiger partial charge in [0.1, 0.15) is 11.9 Å². The van der Waals surface area contributed by atoms with Crippen molar-refractivity contribution in [3.05, 3.63) is 71.9 Å². The lowest BCUT2D eigenvalue weighted by molar-refractivity contribution is 0.969. The number of hydrogen-bond acceptors (Lipinski definition) is 5. The minimum atomic E-state index is 0.479. The van der Waals surface area contributed by atoms with Crippen LogP contribution in [0.3, 0.4) is 0 Å². The van der Waals surface area contributed by atoms with Gasteiger partial charge in [0.05, 0.1) is 11.3 Å². The van der Waals surface area contributed by atoms with Crippen LogP contribution >= 0.6 is 0 Å². The lowest BCUT2D eigenvalue weighted by atomic mass is 10.2. The highest BCUT2D eigenvalue weighted by Gasteiger charge is 2.12. The molecule has 0 atom stereocenters. The number of nitrogens with zero attached hydrogens (tertiary/aromatic N) is 4. The van der Waals surface area contributed by atoms with Gasteiger partial charge in [0.15, 0.2) is 0 Å². The van der Waals surface area contributed by atoms with Gasteiger partial charge in [-0.1, -0.05) is 30.3 Å². The second-order valence-electron chi connectivity index (χ2n) is 5.55. The summed E-state index contributed by atoms with van der Waals surface area (Å²) < 4.78 is 0. The molecule has 0 amide bonds. The summed E-state index contributed by atoms with van der Waals surface area (Å²) in [6.45, 7) is 4.81. The predicted molar refractivity (Wildman–Crippen MR) is 100 cm³/mol. The maximum atomic E-state index is 9.24. The van der Waals surface area contributed by atoms with Crippen molar-refractivity contribution in [1.29, 1.82) is 5.26 Å². The van der Waals surface area contributed by atoms with Crippen molar-refractivity contribution in [2.75, 3.05) is 16.8 Å². The van der Waals surface area contributed by atoms with Gasteiger partial charge in [-0.3, -0.25) is 0 Å². The number of hydrogen-bond donors (Lipinski definition) is 1. The van der Waals surface area contributed by atoms with Crippen molar-refractivity contribution >= 4 is 23.1 Å². The highest BCUT2D eigenvalue weighted by atomic mass is 15.2. The Labute approximate surface area is 147 Å². The lowest BCUT2D eigenvalue weighted by Gasteiger charge is -2.23. The summed E-state index contributed by atoms with van der Waals surface area (Å²) in [6.07, 6.45) is 0. The number of anilines is 4. The molecule has 25 heavy (non-hydrogen) atoms. The first-order chi connectivity index (χ1) is 12.2. The van der Waals surface area contributed by atoms with Gasteiger partial charge >= 0.3 is 0 Å². The third-order valence-electron chi connectivity index (χ3n) is 3.80. The van der Waals surface area contributed by atoms with Gasteiger partial charge in [0.25, 0.3) is 0 Å². The van der Waals surface area contributed by atoms with Crippen LogP contribution in [0.4, 0.5) is 23.1 Å². The van der Waals surface area contributed by atoms with Gasteiger partial charge < -0.3 is 10.2 Å². The first-order valence-corrected chi connectivity index (χ1v) is 8.15. The van der Waals surface area contributed by atoms with Gasteiger partial charge in [-0.15, -0.1) is 0 Å². The summed E-state index contributed by atoms with van der Waals surface area (Å²) in [4.78, 5) is 11.2. The smallest absolute Gasteiger partial charge is 0.229 e. The van der Waals surface area contributed by atoms with E-state index in [2.05, 4.69) is 45.3 Å². The molecule has 0 saturated carbocycles. The molecule has 0 spiro atoms. The fourth-order valence-corrected chi connectivity index (χ4v) is 2.64. The molecule has 1 N–H and O–H groups in total. The monoisotopic (exact) mass is 329 g/mol. The highest BCUT2D eigenvalue weighted by Crippen LogP contribution is 2.26. The Bertz CT molecular complexity index is 899. The maximum absolute atomic E-state index is 9.24. The van der Waals surface area contributed by atoms with E-state index in [1.807, 2.05) is 49.4 Å². The Balaban J connectivity index is 1.97. The van der Waals surface area contributed by atoms with Crippen molar-refractivity contribution in [3.8, 4) is 6.07 Å². The SMILES string of the molecule is CCN(c1ccccc1)c1cc(C)nc(Nc2ccccc2C#N)n1. The standard InChI is InChI=1S/C20H19N5/c1-3-25(17-10-5-4-6-11-17)19-13-15(2)22-20(24-19)23-18-12-8-7-9-16(18)14-21/h4-13H,3H2,1-2H3,(H,22,23,24).